The van der Waals surface area contributed by atoms with Gasteiger partial charge in [0.15, 0.2) is 0 Å². The summed E-state index contributed by atoms with van der Waals surface area (Å²) in [7, 11) is 1.26. The van der Waals surface area contributed by atoms with Gasteiger partial charge in [-0.3, -0.25) is 9.59 Å². The zero-order valence-corrected chi connectivity index (χ0v) is 13.4. The minimum Gasteiger partial charge on any atom is -0.465 e. The number of hydrogen-bond acceptors (Lipinski definition) is 4. The van der Waals surface area contributed by atoms with Crippen LogP contribution in [0.25, 0.3) is 0 Å². The Kier molecular flexibility index (Phi) is 5.05. The van der Waals surface area contributed by atoms with Crippen molar-refractivity contribution in [3.05, 3.63) is 41.4 Å². The Hall–Kier alpha value is -2.34. The fourth-order valence-electron chi connectivity index (χ4n) is 2.12. The number of ether oxygens (including phenoxy) is 1. The summed E-state index contributed by atoms with van der Waals surface area (Å²) in [5.41, 5.74) is -0.552. The second-order valence-electron chi connectivity index (χ2n) is 5.22. The fourth-order valence-corrected chi connectivity index (χ4v) is 2.29. The molecule has 23 heavy (non-hydrogen) atoms. The quantitative estimate of drug-likeness (QED) is 0.473. The van der Waals surface area contributed by atoms with Gasteiger partial charge in [-0.05, 0) is 31.0 Å². The summed E-state index contributed by atoms with van der Waals surface area (Å²) in [5.74, 6) is -1.32. The maximum absolute atomic E-state index is 12.4. The van der Waals surface area contributed by atoms with Crippen molar-refractivity contribution in [3.8, 4) is 0 Å². The molecule has 6 nitrogen and oxygen atoms in total. The highest BCUT2D eigenvalue weighted by molar-refractivity contribution is 6.34. The van der Waals surface area contributed by atoms with Crippen LogP contribution in [0.4, 0.5) is 5.69 Å². The summed E-state index contributed by atoms with van der Waals surface area (Å²) in [4.78, 5) is 36.1. The fraction of sp³-hybridized carbons (Fsp3) is 0.312. The summed E-state index contributed by atoms with van der Waals surface area (Å²) in [5, 5.41) is 5.53. The lowest BCUT2D eigenvalue weighted by atomic mass is 10.0. The van der Waals surface area contributed by atoms with E-state index in [0.29, 0.717) is 19.4 Å². The third kappa shape index (κ3) is 3.53. The van der Waals surface area contributed by atoms with Gasteiger partial charge in [0.2, 0.25) is 11.8 Å². The zero-order valence-electron chi connectivity index (χ0n) is 12.6. The van der Waals surface area contributed by atoms with Crippen molar-refractivity contribution < 1.29 is 19.1 Å². The molecular weight excluding hydrogens is 320 g/mol. The number of carbonyl (C=O) groups excluding carboxylic acids is 3. The molecule has 7 heteroatoms. The summed E-state index contributed by atoms with van der Waals surface area (Å²) in [6, 6.07) is 4.40. The van der Waals surface area contributed by atoms with E-state index < -0.39 is 17.3 Å². The van der Waals surface area contributed by atoms with Crippen LogP contribution in [0.1, 0.15) is 23.2 Å². The maximum atomic E-state index is 12.4. The van der Waals surface area contributed by atoms with Crippen molar-refractivity contribution in [1.82, 2.24) is 5.32 Å². The molecule has 0 unspecified atom stereocenters. The molecule has 1 saturated carbocycles. The monoisotopic (exact) mass is 336 g/mol. The highest BCUT2D eigenvalue weighted by Gasteiger charge is 2.56. The topological polar surface area (TPSA) is 84.5 Å². The molecule has 0 spiro atoms. The molecule has 1 aliphatic carbocycles. The van der Waals surface area contributed by atoms with Crippen LogP contribution in [0.2, 0.25) is 5.02 Å². The second-order valence-corrected chi connectivity index (χ2v) is 5.63. The molecule has 1 aromatic carbocycles. The highest BCUT2D eigenvalue weighted by atomic mass is 35.5. The smallest absolute Gasteiger partial charge is 0.337 e. The number of anilines is 1. The van der Waals surface area contributed by atoms with E-state index >= 15 is 0 Å². The van der Waals surface area contributed by atoms with Gasteiger partial charge in [-0.15, -0.1) is 6.58 Å². The van der Waals surface area contributed by atoms with E-state index in [9.17, 15) is 14.4 Å². The molecule has 1 aliphatic rings. The molecule has 1 fully saturated rings. The number of carbonyl (C=O) groups is 3. The minimum absolute atomic E-state index is 0.258. The molecule has 1 aromatic rings. The van der Waals surface area contributed by atoms with Crippen molar-refractivity contribution in [2.45, 2.75) is 12.8 Å². The summed E-state index contributed by atoms with van der Waals surface area (Å²) < 4.78 is 4.63. The highest BCUT2D eigenvalue weighted by Crippen LogP contribution is 2.47. The van der Waals surface area contributed by atoms with Gasteiger partial charge in [0.05, 0.1) is 23.4 Å². The van der Waals surface area contributed by atoms with E-state index in [4.69, 9.17) is 11.6 Å². The maximum Gasteiger partial charge on any atom is 0.337 e. The lowest BCUT2D eigenvalue weighted by molar-refractivity contribution is -0.134. The molecule has 0 bridgehead atoms. The van der Waals surface area contributed by atoms with Gasteiger partial charge in [-0.1, -0.05) is 17.7 Å². The summed E-state index contributed by atoms with van der Waals surface area (Å²) in [6.07, 6.45) is 2.48. The van der Waals surface area contributed by atoms with Crippen LogP contribution < -0.4 is 10.6 Å². The first-order chi connectivity index (χ1) is 10.9. The number of benzene rings is 1. The molecule has 2 amide bonds. The Morgan fingerprint density at radius 1 is 1.35 bits per heavy atom. The van der Waals surface area contributed by atoms with E-state index in [-0.39, 0.29) is 22.2 Å². The molecular formula is C16H17ClN2O4. The summed E-state index contributed by atoms with van der Waals surface area (Å²) >= 11 is 6.04. The molecule has 0 aromatic heterocycles. The van der Waals surface area contributed by atoms with E-state index in [1.165, 1.54) is 25.3 Å². The van der Waals surface area contributed by atoms with Crippen LogP contribution in [-0.2, 0) is 14.3 Å². The number of amides is 2. The lowest BCUT2D eigenvalue weighted by Crippen LogP contribution is -2.40. The number of hydrogen-bond donors (Lipinski definition) is 2. The number of esters is 1. The molecule has 2 N–H and O–H groups in total. The number of nitrogens with one attached hydrogen (secondary N) is 2. The molecule has 122 valence electrons. The number of methoxy groups -OCH3 is 1. The first-order valence-electron chi connectivity index (χ1n) is 7.03. The molecule has 0 heterocycles. The summed E-state index contributed by atoms with van der Waals surface area (Å²) in [6.45, 7) is 3.82. The Morgan fingerprint density at radius 3 is 2.61 bits per heavy atom. The predicted molar refractivity (Wildman–Crippen MR) is 86.3 cm³/mol. The molecule has 0 aliphatic heterocycles. The largest absolute Gasteiger partial charge is 0.465 e. The van der Waals surface area contributed by atoms with E-state index in [1.807, 2.05) is 0 Å². The standard InChI is InChI=1S/C16H17ClN2O4/c1-3-8-18-14(21)16(6-7-16)15(22)19-12-9-10(13(20)23-2)4-5-11(12)17/h3-5,9H,1,6-8H2,2H3,(H,18,21)(H,19,22). The van der Waals surface area contributed by atoms with Crippen LogP contribution in [-0.4, -0.2) is 31.4 Å². The third-order valence-electron chi connectivity index (χ3n) is 3.66. The van der Waals surface area contributed by atoms with Crippen LogP contribution >= 0.6 is 11.6 Å². The van der Waals surface area contributed by atoms with Crippen molar-refractivity contribution >= 4 is 35.1 Å². The van der Waals surface area contributed by atoms with Crippen molar-refractivity contribution in [3.63, 3.8) is 0 Å². The Morgan fingerprint density at radius 2 is 2.04 bits per heavy atom. The van der Waals surface area contributed by atoms with E-state index in [1.54, 1.807) is 6.08 Å². The van der Waals surface area contributed by atoms with Gasteiger partial charge in [0.1, 0.15) is 5.41 Å². The zero-order chi connectivity index (χ0) is 17.0. The van der Waals surface area contributed by atoms with Crippen molar-refractivity contribution in [2.75, 3.05) is 19.0 Å². The Bertz CT molecular complexity index is 668. The average molecular weight is 337 g/mol. The van der Waals surface area contributed by atoms with E-state index in [0.717, 1.165) is 0 Å². The van der Waals surface area contributed by atoms with Crippen LogP contribution in [0, 0.1) is 5.41 Å². The van der Waals surface area contributed by atoms with Gasteiger partial charge in [-0.2, -0.15) is 0 Å². The van der Waals surface area contributed by atoms with E-state index in [2.05, 4.69) is 21.9 Å². The van der Waals surface area contributed by atoms with Crippen molar-refractivity contribution in [2.24, 2.45) is 5.41 Å². The van der Waals surface area contributed by atoms with Crippen LogP contribution in [0.15, 0.2) is 30.9 Å². The average Bonchev–Trinajstić information content (AvgIpc) is 3.35. The molecule has 0 atom stereocenters. The second kappa shape index (κ2) is 6.83. The van der Waals surface area contributed by atoms with Crippen LogP contribution in [0.3, 0.4) is 0 Å². The first-order valence-corrected chi connectivity index (χ1v) is 7.41. The minimum atomic E-state index is -1.08. The molecule has 0 radical (unpaired) electrons. The van der Waals surface area contributed by atoms with Gasteiger partial charge in [0.25, 0.3) is 0 Å². The molecule has 0 saturated heterocycles. The first kappa shape index (κ1) is 17.0. The Balaban J connectivity index is 2.15. The molecule has 2 rings (SSSR count). The normalized spacial score (nSPS) is 14.5. The predicted octanol–water partition coefficient (Wildman–Crippen LogP) is 2.15. The Labute approximate surface area is 138 Å². The van der Waals surface area contributed by atoms with Gasteiger partial charge >= 0.3 is 5.97 Å². The van der Waals surface area contributed by atoms with Gasteiger partial charge < -0.3 is 15.4 Å². The van der Waals surface area contributed by atoms with Crippen LogP contribution in [0.5, 0.6) is 0 Å². The van der Waals surface area contributed by atoms with Gasteiger partial charge in [-0.25, -0.2) is 4.79 Å². The lowest BCUT2D eigenvalue weighted by Gasteiger charge is -2.16. The number of halogens is 1. The van der Waals surface area contributed by atoms with Gasteiger partial charge in [0, 0.05) is 6.54 Å². The SMILES string of the molecule is C=CCNC(=O)C1(C(=O)Nc2cc(C(=O)OC)ccc2Cl)CC1. The van der Waals surface area contributed by atoms with Crippen molar-refractivity contribution in [1.29, 1.82) is 0 Å². The third-order valence-corrected chi connectivity index (χ3v) is 3.99. The number of rotatable bonds is 6.